The van der Waals surface area contributed by atoms with Crippen LogP contribution >= 0.6 is 0 Å². The lowest BCUT2D eigenvalue weighted by atomic mass is 9.91. The highest BCUT2D eigenvalue weighted by Gasteiger charge is 2.51. The summed E-state index contributed by atoms with van der Waals surface area (Å²) in [6.45, 7) is 25.5. The zero-order chi connectivity index (χ0) is 25.2. The van der Waals surface area contributed by atoms with Gasteiger partial charge in [-0.05, 0) is 55.0 Å². The number of aliphatic hydroxyl groups is 1. The SMILES string of the molecule is CCCCC[C@@H](/C=C/[C@@H]1[C@H]2CC(O)O[C@H]2C[C@H]1O[Si](C)(C)C(C)(C)C)O[Si](C)(C)C(C)(C)C. The molecule has 6 heteroatoms. The average molecular weight is 499 g/mol. The molecule has 0 spiro atoms. The molecule has 1 aliphatic heterocycles. The van der Waals surface area contributed by atoms with Gasteiger partial charge in [-0.3, -0.25) is 0 Å². The molecular weight excluding hydrogens is 444 g/mol. The van der Waals surface area contributed by atoms with E-state index in [-0.39, 0.29) is 34.3 Å². The number of rotatable bonds is 10. The molecule has 1 saturated carbocycles. The van der Waals surface area contributed by atoms with Gasteiger partial charge in [0.05, 0.1) is 18.3 Å². The Labute approximate surface area is 207 Å². The number of fused-ring (bicyclic) bond motifs is 1. The van der Waals surface area contributed by atoms with Gasteiger partial charge in [-0.1, -0.05) is 79.9 Å². The summed E-state index contributed by atoms with van der Waals surface area (Å²) in [6.07, 6.45) is 10.8. The zero-order valence-corrected chi connectivity index (χ0v) is 25.5. The normalized spacial score (nSPS) is 30.2. The second kappa shape index (κ2) is 11.0. The molecule has 1 unspecified atom stereocenters. The highest BCUT2D eigenvalue weighted by molar-refractivity contribution is 6.74. The van der Waals surface area contributed by atoms with E-state index in [0.29, 0.717) is 12.3 Å². The standard InChI is InChI=1S/C27H54O4Si2/c1-12-13-14-15-20(30-32(8,9)26(2,3)4)16-17-21-22-18-25(28)29-23(22)19-24(21)31-33(10,11)27(5,6)7/h16-17,20-25,28H,12-15,18-19H2,1-11H3/b17-16+/t20-,21+,22+,23-,24+,25?/m0/s1. The Kier molecular flexibility index (Phi) is 9.71. The number of hydrogen-bond acceptors (Lipinski definition) is 4. The van der Waals surface area contributed by atoms with E-state index < -0.39 is 22.9 Å². The van der Waals surface area contributed by atoms with Crippen molar-refractivity contribution in [3.63, 3.8) is 0 Å². The first-order chi connectivity index (χ1) is 15.0. The van der Waals surface area contributed by atoms with Crippen LogP contribution in [0.15, 0.2) is 12.2 Å². The molecule has 194 valence electrons. The van der Waals surface area contributed by atoms with Gasteiger partial charge in [0.15, 0.2) is 22.9 Å². The van der Waals surface area contributed by atoms with Gasteiger partial charge in [-0.25, -0.2) is 0 Å². The fourth-order valence-corrected chi connectivity index (χ4v) is 7.26. The Morgan fingerprint density at radius 3 is 2.12 bits per heavy atom. The van der Waals surface area contributed by atoms with E-state index >= 15 is 0 Å². The molecular formula is C27H54O4Si2. The predicted molar refractivity (Wildman–Crippen MR) is 145 cm³/mol. The van der Waals surface area contributed by atoms with E-state index in [2.05, 4.69) is 86.8 Å². The van der Waals surface area contributed by atoms with Crippen molar-refractivity contribution in [1.29, 1.82) is 0 Å². The Hall–Kier alpha value is 0.0138. The van der Waals surface area contributed by atoms with Crippen LogP contribution in [0.2, 0.25) is 36.3 Å². The van der Waals surface area contributed by atoms with Gasteiger partial charge in [-0.15, -0.1) is 0 Å². The van der Waals surface area contributed by atoms with E-state index in [9.17, 15) is 5.11 Å². The first-order valence-electron chi connectivity index (χ1n) is 13.4. The molecule has 1 saturated heterocycles. The molecule has 0 aromatic carbocycles. The van der Waals surface area contributed by atoms with Crippen LogP contribution in [-0.2, 0) is 13.6 Å². The lowest BCUT2D eigenvalue weighted by Gasteiger charge is -2.40. The summed E-state index contributed by atoms with van der Waals surface area (Å²) in [5, 5.41) is 10.5. The topological polar surface area (TPSA) is 47.9 Å². The Bertz CT molecular complexity index is 647. The summed E-state index contributed by atoms with van der Waals surface area (Å²) >= 11 is 0. The van der Waals surface area contributed by atoms with Crippen molar-refractivity contribution < 1.29 is 18.7 Å². The summed E-state index contributed by atoms with van der Waals surface area (Å²) in [4.78, 5) is 0. The maximum atomic E-state index is 10.2. The summed E-state index contributed by atoms with van der Waals surface area (Å²) in [6, 6.07) is 0. The number of hydrogen-bond donors (Lipinski definition) is 1. The van der Waals surface area contributed by atoms with Crippen molar-refractivity contribution in [2.75, 3.05) is 0 Å². The van der Waals surface area contributed by atoms with Crippen molar-refractivity contribution in [3.8, 4) is 0 Å². The van der Waals surface area contributed by atoms with E-state index in [4.69, 9.17) is 13.6 Å². The van der Waals surface area contributed by atoms with Crippen LogP contribution in [0.3, 0.4) is 0 Å². The Morgan fingerprint density at radius 2 is 1.58 bits per heavy atom. The molecule has 0 bridgehead atoms. The fourth-order valence-electron chi connectivity index (χ4n) is 4.59. The van der Waals surface area contributed by atoms with E-state index in [0.717, 1.165) is 12.8 Å². The summed E-state index contributed by atoms with van der Waals surface area (Å²) < 4.78 is 19.7. The molecule has 2 rings (SSSR count). The van der Waals surface area contributed by atoms with E-state index in [1.54, 1.807) is 0 Å². The third kappa shape index (κ3) is 7.50. The van der Waals surface area contributed by atoms with Crippen molar-refractivity contribution in [2.24, 2.45) is 11.8 Å². The highest BCUT2D eigenvalue weighted by Crippen LogP contribution is 2.48. The van der Waals surface area contributed by atoms with Crippen molar-refractivity contribution in [1.82, 2.24) is 0 Å². The Balaban J connectivity index is 2.25. The lowest BCUT2D eigenvalue weighted by Crippen LogP contribution is -2.45. The van der Waals surface area contributed by atoms with Crippen LogP contribution in [0.25, 0.3) is 0 Å². The number of ether oxygens (including phenoxy) is 1. The Morgan fingerprint density at radius 1 is 0.970 bits per heavy atom. The van der Waals surface area contributed by atoms with Gasteiger partial charge in [0.25, 0.3) is 0 Å². The third-order valence-electron chi connectivity index (χ3n) is 8.82. The van der Waals surface area contributed by atoms with Crippen LogP contribution < -0.4 is 0 Å². The number of aliphatic hydroxyl groups excluding tert-OH is 1. The minimum atomic E-state index is -1.90. The molecule has 1 N–H and O–H groups in total. The van der Waals surface area contributed by atoms with E-state index in [1.807, 2.05) is 0 Å². The molecule has 4 nitrogen and oxygen atoms in total. The molecule has 0 amide bonds. The quantitative estimate of drug-likeness (QED) is 0.191. The van der Waals surface area contributed by atoms with Gasteiger partial charge >= 0.3 is 0 Å². The van der Waals surface area contributed by atoms with Gasteiger partial charge in [0.2, 0.25) is 0 Å². The van der Waals surface area contributed by atoms with Gasteiger partial charge in [-0.2, -0.15) is 0 Å². The van der Waals surface area contributed by atoms with Gasteiger partial charge < -0.3 is 18.7 Å². The van der Waals surface area contributed by atoms with Crippen LogP contribution in [0, 0.1) is 11.8 Å². The molecule has 1 aliphatic carbocycles. The van der Waals surface area contributed by atoms with Crippen LogP contribution in [-0.4, -0.2) is 46.3 Å². The predicted octanol–water partition coefficient (Wildman–Crippen LogP) is 7.65. The molecule has 0 aromatic rings. The summed E-state index contributed by atoms with van der Waals surface area (Å²) in [5.41, 5.74) is 0. The van der Waals surface area contributed by atoms with Crippen molar-refractivity contribution in [3.05, 3.63) is 12.2 Å². The average Bonchev–Trinajstić information content (AvgIpc) is 3.12. The minimum Gasteiger partial charge on any atom is -0.413 e. The first kappa shape index (κ1) is 29.2. The molecule has 33 heavy (non-hydrogen) atoms. The largest absolute Gasteiger partial charge is 0.413 e. The van der Waals surface area contributed by atoms with Crippen molar-refractivity contribution in [2.45, 2.75) is 148 Å². The smallest absolute Gasteiger partial charge is 0.192 e. The molecule has 0 radical (unpaired) electrons. The van der Waals surface area contributed by atoms with Gasteiger partial charge in [0, 0.05) is 12.3 Å². The van der Waals surface area contributed by atoms with Crippen LogP contribution in [0.1, 0.15) is 87.0 Å². The van der Waals surface area contributed by atoms with E-state index in [1.165, 1.54) is 19.3 Å². The van der Waals surface area contributed by atoms with Gasteiger partial charge in [0.1, 0.15) is 0 Å². The van der Waals surface area contributed by atoms with Crippen molar-refractivity contribution >= 4 is 16.6 Å². The first-order valence-corrected chi connectivity index (χ1v) is 19.2. The molecule has 2 aliphatic rings. The molecule has 2 fully saturated rings. The maximum absolute atomic E-state index is 10.2. The minimum absolute atomic E-state index is 0.101. The summed E-state index contributed by atoms with van der Waals surface area (Å²) in [5.74, 6) is 0.605. The maximum Gasteiger partial charge on any atom is 0.192 e. The molecule has 6 atom stereocenters. The van der Waals surface area contributed by atoms with Crippen LogP contribution in [0.4, 0.5) is 0 Å². The number of unbranched alkanes of at least 4 members (excludes halogenated alkanes) is 2. The second-order valence-corrected chi connectivity index (χ2v) is 23.1. The highest BCUT2D eigenvalue weighted by atomic mass is 28.4. The third-order valence-corrected chi connectivity index (χ3v) is 17.8. The van der Waals surface area contributed by atoms with Crippen LogP contribution in [0.5, 0.6) is 0 Å². The molecule has 1 heterocycles. The summed E-state index contributed by atoms with van der Waals surface area (Å²) in [7, 11) is -3.76. The monoisotopic (exact) mass is 498 g/mol. The fraction of sp³-hybridized carbons (Fsp3) is 0.926. The molecule has 0 aromatic heterocycles. The lowest BCUT2D eigenvalue weighted by molar-refractivity contribution is -0.0945. The second-order valence-electron chi connectivity index (χ2n) is 13.6. The zero-order valence-electron chi connectivity index (χ0n) is 23.5.